The lowest BCUT2D eigenvalue weighted by atomic mass is 9.97. The van der Waals surface area contributed by atoms with Gasteiger partial charge in [-0.15, -0.1) is 0 Å². The lowest BCUT2D eigenvalue weighted by molar-refractivity contribution is -0.145. The first-order valence-corrected chi connectivity index (χ1v) is 9.69. The Hall–Kier alpha value is -2.68. The summed E-state index contributed by atoms with van der Waals surface area (Å²) >= 11 is 0.718. The molecule has 0 aromatic heterocycles. The number of piperidine rings is 1. The van der Waals surface area contributed by atoms with Gasteiger partial charge in [0.2, 0.25) is 5.91 Å². The number of thioether (sulfide) groups is 1. The summed E-state index contributed by atoms with van der Waals surface area (Å²) in [5.74, 6) is -2.55. The van der Waals surface area contributed by atoms with Crippen LogP contribution in [0.3, 0.4) is 0 Å². The van der Waals surface area contributed by atoms with Crippen LogP contribution >= 0.6 is 11.8 Å². The van der Waals surface area contributed by atoms with E-state index in [2.05, 4.69) is 0 Å². The summed E-state index contributed by atoms with van der Waals surface area (Å²) in [6, 6.07) is 5.94. The van der Waals surface area contributed by atoms with Crippen LogP contribution in [-0.4, -0.2) is 57.6 Å². The fourth-order valence-electron chi connectivity index (χ4n) is 3.17. The standard InChI is InChI=1S/C19H19FN2O5S/c20-14-4-2-1-3-13(14)11-15-17(24)22(19(27)28-15)10-7-16(23)21-8-5-12(6-9-21)18(25)26/h1-4,11-12H,5-10H2,(H,25,26). The van der Waals surface area contributed by atoms with E-state index < -0.39 is 28.9 Å². The van der Waals surface area contributed by atoms with Crippen LogP contribution < -0.4 is 0 Å². The smallest absolute Gasteiger partial charge is 0.306 e. The second-order valence-electron chi connectivity index (χ2n) is 6.60. The van der Waals surface area contributed by atoms with Crippen molar-refractivity contribution in [3.8, 4) is 0 Å². The van der Waals surface area contributed by atoms with Gasteiger partial charge in [0, 0.05) is 31.6 Å². The molecule has 148 valence electrons. The molecule has 0 radical (unpaired) electrons. The van der Waals surface area contributed by atoms with Gasteiger partial charge in [-0.25, -0.2) is 4.39 Å². The van der Waals surface area contributed by atoms with Gasteiger partial charge in [0.25, 0.3) is 11.1 Å². The van der Waals surface area contributed by atoms with E-state index in [4.69, 9.17) is 5.11 Å². The van der Waals surface area contributed by atoms with Crippen molar-refractivity contribution in [3.63, 3.8) is 0 Å². The van der Waals surface area contributed by atoms with Crippen molar-refractivity contribution < 1.29 is 28.7 Å². The normalized spacial score (nSPS) is 19.5. The Labute approximate surface area is 165 Å². The molecule has 2 fully saturated rings. The molecule has 7 nitrogen and oxygen atoms in total. The minimum absolute atomic E-state index is 0.0250. The lowest BCUT2D eigenvalue weighted by Crippen LogP contribution is -2.42. The largest absolute Gasteiger partial charge is 0.481 e. The third-order valence-corrected chi connectivity index (χ3v) is 5.72. The summed E-state index contributed by atoms with van der Waals surface area (Å²) in [5.41, 5.74) is 0.213. The van der Waals surface area contributed by atoms with E-state index in [1.54, 1.807) is 11.0 Å². The molecule has 0 atom stereocenters. The molecule has 0 unspecified atom stereocenters. The van der Waals surface area contributed by atoms with Gasteiger partial charge in [0.1, 0.15) is 5.82 Å². The Morgan fingerprint density at radius 1 is 1.21 bits per heavy atom. The van der Waals surface area contributed by atoms with E-state index in [-0.39, 0.29) is 29.3 Å². The maximum absolute atomic E-state index is 13.8. The molecule has 2 aliphatic rings. The van der Waals surface area contributed by atoms with Crippen molar-refractivity contribution in [2.45, 2.75) is 19.3 Å². The van der Waals surface area contributed by atoms with E-state index in [9.17, 15) is 23.6 Å². The van der Waals surface area contributed by atoms with Crippen LogP contribution in [0.5, 0.6) is 0 Å². The highest BCUT2D eigenvalue weighted by Gasteiger charge is 2.36. The topological polar surface area (TPSA) is 95.0 Å². The van der Waals surface area contributed by atoms with E-state index in [1.165, 1.54) is 24.3 Å². The number of nitrogens with zero attached hydrogens (tertiary/aromatic N) is 2. The zero-order chi connectivity index (χ0) is 20.3. The van der Waals surface area contributed by atoms with Crippen molar-refractivity contribution in [2.24, 2.45) is 5.92 Å². The van der Waals surface area contributed by atoms with Crippen LogP contribution in [0.2, 0.25) is 0 Å². The predicted molar refractivity (Wildman–Crippen MR) is 101 cm³/mol. The van der Waals surface area contributed by atoms with E-state index in [1.807, 2.05) is 0 Å². The Bertz CT molecular complexity index is 848. The quantitative estimate of drug-likeness (QED) is 0.756. The molecule has 3 amide bonds. The summed E-state index contributed by atoms with van der Waals surface area (Å²) in [7, 11) is 0. The SMILES string of the molecule is O=C(O)C1CCN(C(=O)CCN2C(=O)SC(=Cc3ccccc3F)C2=O)CC1. The molecule has 2 heterocycles. The number of amides is 3. The molecule has 2 saturated heterocycles. The average molecular weight is 406 g/mol. The molecule has 1 aromatic carbocycles. The zero-order valence-corrected chi connectivity index (χ0v) is 15.8. The number of benzene rings is 1. The molecule has 3 rings (SSSR count). The monoisotopic (exact) mass is 406 g/mol. The third-order valence-electron chi connectivity index (χ3n) is 4.81. The summed E-state index contributed by atoms with van der Waals surface area (Å²) in [6.45, 7) is 0.646. The van der Waals surface area contributed by atoms with Crippen LogP contribution in [0.4, 0.5) is 9.18 Å². The first-order valence-electron chi connectivity index (χ1n) is 8.87. The van der Waals surface area contributed by atoms with Gasteiger partial charge in [0.05, 0.1) is 10.8 Å². The number of rotatable bonds is 5. The molecule has 28 heavy (non-hydrogen) atoms. The number of hydrogen-bond acceptors (Lipinski definition) is 5. The van der Waals surface area contributed by atoms with Crippen LogP contribution in [0.25, 0.3) is 6.08 Å². The van der Waals surface area contributed by atoms with Gasteiger partial charge in [-0.2, -0.15) is 0 Å². The predicted octanol–water partition coefficient (Wildman–Crippen LogP) is 2.58. The number of halogens is 1. The van der Waals surface area contributed by atoms with Crippen molar-refractivity contribution in [3.05, 3.63) is 40.6 Å². The Morgan fingerprint density at radius 3 is 2.54 bits per heavy atom. The van der Waals surface area contributed by atoms with Crippen LogP contribution in [0.1, 0.15) is 24.8 Å². The highest BCUT2D eigenvalue weighted by Crippen LogP contribution is 2.32. The lowest BCUT2D eigenvalue weighted by Gasteiger charge is -2.30. The van der Waals surface area contributed by atoms with E-state index in [0.717, 1.165) is 16.7 Å². The maximum Gasteiger partial charge on any atom is 0.306 e. The second-order valence-corrected chi connectivity index (χ2v) is 7.59. The Balaban J connectivity index is 1.57. The van der Waals surface area contributed by atoms with Gasteiger partial charge in [-0.3, -0.25) is 24.1 Å². The first-order chi connectivity index (χ1) is 13.4. The second kappa shape index (κ2) is 8.55. The maximum atomic E-state index is 13.8. The van der Waals surface area contributed by atoms with Gasteiger partial charge in [-0.1, -0.05) is 18.2 Å². The number of carboxylic acid groups (broad SMARTS) is 1. The molecule has 0 bridgehead atoms. The fourth-order valence-corrected chi connectivity index (χ4v) is 4.02. The number of hydrogen-bond donors (Lipinski definition) is 1. The number of carboxylic acids is 1. The highest BCUT2D eigenvalue weighted by atomic mass is 32.2. The summed E-state index contributed by atoms with van der Waals surface area (Å²) in [6.07, 6.45) is 2.10. The molecule has 9 heteroatoms. The van der Waals surface area contributed by atoms with Crippen molar-refractivity contribution in [1.29, 1.82) is 0 Å². The summed E-state index contributed by atoms with van der Waals surface area (Å²) < 4.78 is 13.8. The van der Waals surface area contributed by atoms with Crippen LogP contribution in [-0.2, 0) is 14.4 Å². The number of carbonyl (C=O) groups is 4. The molecule has 0 spiro atoms. The van der Waals surface area contributed by atoms with Gasteiger partial charge in [0.15, 0.2) is 0 Å². The van der Waals surface area contributed by atoms with Gasteiger partial charge >= 0.3 is 5.97 Å². The third kappa shape index (κ3) is 4.41. The van der Waals surface area contributed by atoms with Gasteiger partial charge in [-0.05, 0) is 36.7 Å². The van der Waals surface area contributed by atoms with Crippen molar-refractivity contribution in [1.82, 2.24) is 9.80 Å². The number of aliphatic carboxylic acids is 1. The van der Waals surface area contributed by atoms with E-state index >= 15 is 0 Å². The number of carbonyl (C=O) groups excluding carboxylic acids is 3. The van der Waals surface area contributed by atoms with E-state index in [0.29, 0.717) is 25.9 Å². The van der Waals surface area contributed by atoms with Crippen LogP contribution in [0.15, 0.2) is 29.2 Å². The molecular weight excluding hydrogens is 387 g/mol. The fraction of sp³-hybridized carbons (Fsp3) is 0.368. The molecule has 1 N–H and O–H groups in total. The number of likely N-dealkylation sites (tertiary alicyclic amines) is 1. The molecule has 1 aromatic rings. The molecule has 0 saturated carbocycles. The van der Waals surface area contributed by atoms with Crippen molar-refractivity contribution in [2.75, 3.05) is 19.6 Å². The summed E-state index contributed by atoms with van der Waals surface area (Å²) in [4.78, 5) is 50.5. The summed E-state index contributed by atoms with van der Waals surface area (Å²) in [5, 5.41) is 8.50. The minimum Gasteiger partial charge on any atom is -0.481 e. The first kappa shape index (κ1) is 20.1. The zero-order valence-electron chi connectivity index (χ0n) is 15.0. The highest BCUT2D eigenvalue weighted by molar-refractivity contribution is 8.18. The Kier molecular flexibility index (Phi) is 6.13. The molecule has 0 aliphatic carbocycles. The number of imide groups is 1. The molecular formula is C19H19FN2O5S. The Morgan fingerprint density at radius 2 is 1.89 bits per heavy atom. The van der Waals surface area contributed by atoms with Crippen molar-refractivity contribution >= 4 is 40.9 Å². The van der Waals surface area contributed by atoms with Gasteiger partial charge < -0.3 is 10.0 Å². The minimum atomic E-state index is -0.855. The molecule has 2 aliphatic heterocycles. The average Bonchev–Trinajstić information content (AvgIpc) is 2.94. The van der Waals surface area contributed by atoms with Crippen LogP contribution in [0, 0.1) is 11.7 Å².